The first-order valence-corrected chi connectivity index (χ1v) is 22.7. The highest BCUT2D eigenvalue weighted by molar-refractivity contribution is 7.90. The smallest absolute Gasteiger partial charge is 0.415 e. The average Bonchev–Trinajstić information content (AvgIpc) is 3.34. The van der Waals surface area contributed by atoms with Gasteiger partial charge in [0.15, 0.2) is 28.5 Å². The lowest BCUT2D eigenvalue weighted by Crippen LogP contribution is -2.61. The number of aryl methyl sites for hydroxylation is 1. The molecule has 0 aromatic carbocycles. The van der Waals surface area contributed by atoms with Crippen LogP contribution < -0.4 is 16.6 Å². The van der Waals surface area contributed by atoms with Gasteiger partial charge in [0.25, 0.3) is 15.7 Å². The summed E-state index contributed by atoms with van der Waals surface area (Å²) in [6.07, 6.45) is -4.32. The van der Waals surface area contributed by atoms with Gasteiger partial charge in [-0.05, 0) is 50.1 Å². The van der Waals surface area contributed by atoms with Crippen LogP contribution in [-0.2, 0) is 34.9 Å². The van der Waals surface area contributed by atoms with Gasteiger partial charge < -0.3 is 24.0 Å². The first-order chi connectivity index (χ1) is 21.1. The van der Waals surface area contributed by atoms with E-state index in [2.05, 4.69) is 5.32 Å². The number of hydrogen-bond acceptors (Lipinski definition) is 10. The molecule has 4 atom stereocenters. The Morgan fingerprint density at radius 3 is 2.13 bits per heavy atom. The first-order valence-electron chi connectivity index (χ1n) is 15.4. The average molecular weight is 719 g/mol. The van der Waals surface area contributed by atoms with Gasteiger partial charge in [-0.2, -0.15) is 8.42 Å². The molecule has 266 valence electrons. The van der Waals surface area contributed by atoms with Crippen molar-refractivity contribution in [2.24, 2.45) is 7.05 Å². The number of carboxylic acid groups (broad SMARTS) is 1. The second kappa shape index (κ2) is 12.7. The molecule has 0 aliphatic carbocycles. The SMILES string of the molecule is CCN(C(=O)O)C(=O)NC1=CS(=O)(=O)OC12C(CO[Si](C)(C)C(C)(C)C)O[C@@H](n1cc(C)c(=O)n(C)c1=O)[C@@H]2O[Si](C)(C)C(C)(C)C. The van der Waals surface area contributed by atoms with Gasteiger partial charge in [-0.3, -0.25) is 13.9 Å². The van der Waals surface area contributed by atoms with Crippen molar-refractivity contribution in [2.45, 2.75) is 116 Å². The number of amides is 3. The zero-order valence-corrected chi connectivity index (χ0v) is 32.4. The fourth-order valence-electron chi connectivity index (χ4n) is 4.88. The highest BCUT2D eigenvalue weighted by atomic mass is 32.2. The van der Waals surface area contributed by atoms with Crippen molar-refractivity contribution in [1.82, 2.24) is 19.4 Å². The predicted octanol–water partition coefficient (Wildman–Crippen LogP) is 3.81. The standard InChI is InChI=1S/C29H50N4O11SSi2/c1-14-32(26(37)38)24(35)30-19-17-45(39,40)44-29(19)20(16-41-46(10,11)27(3,4)5)42-23(21(29)43-47(12,13)28(6,7)8)33-15-18(2)22(34)31(9)25(33)36/h15,17,20-21,23H,14,16H2,1-13H3,(H,30,35)(H,37,38)/t20?,21-,23+,29?/m0/s1. The van der Waals surface area contributed by atoms with Crippen molar-refractivity contribution in [3.8, 4) is 0 Å². The number of imide groups is 1. The third-order valence-corrected chi connectivity index (χ3v) is 19.8. The molecular weight excluding hydrogens is 669 g/mol. The number of nitrogens with one attached hydrogen (secondary N) is 1. The minimum Gasteiger partial charge on any atom is -0.465 e. The van der Waals surface area contributed by atoms with E-state index in [4.69, 9.17) is 17.8 Å². The van der Waals surface area contributed by atoms with Crippen LogP contribution in [-0.4, -0.2) is 87.3 Å². The van der Waals surface area contributed by atoms with Crippen LogP contribution in [0.1, 0.15) is 60.3 Å². The molecule has 0 bridgehead atoms. The number of hydrogen-bond donors (Lipinski definition) is 2. The molecule has 0 radical (unpaired) electrons. The molecule has 3 heterocycles. The Kier molecular flexibility index (Phi) is 10.5. The Balaban J connectivity index is 2.39. The Labute approximate surface area is 278 Å². The molecule has 15 nitrogen and oxygen atoms in total. The van der Waals surface area contributed by atoms with Crippen molar-refractivity contribution in [3.05, 3.63) is 43.7 Å². The van der Waals surface area contributed by atoms with Crippen LogP contribution in [0, 0.1) is 6.92 Å². The van der Waals surface area contributed by atoms with E-state index in [1.165, 1.54) is 27.1 Å². The summed E-state index contributed by atoms with van der Waals surface area (Å²) in [4.78, 5) is 52.0. The number of rotatable bonds is 8. The minimum absolute atomic E-state index is 0.209. The van der Waals surface area contributed by atoms with E-state index in [0.717, 1.165) is 9.13 Å². The van der Waals surface area contributed by atoms with Crippen molar-refractivity contribution in [2.75, 3.05) is 13.2 Å². The molecule has 3 amide bonds. The monoisotopic (exact) mass is 718 g/mol. The normalized spacial score (nSPS) is 24.8. The summed E-state index contributed by atoms with van der Waals surface area (Å²) in [7, 11) is -8.64. The van der Waals surface area contributed by atoms with Crippen LogP contribution in [0.3, 0.4) is 0 Å². The Hall–Kier alpha value is -2.62. The molecule has 2 aliphatic rings. The second-order valence-electron chi connectivity index (χ2n) is 15.1. The maximum atomic E-state index is 13.6. The topological polar surface area (TPSA) is 185 Å². The fraction of sp³-hybridized carbons (Fsp3) is 0.724. The molecule has 0 saturated carbocycles. The van der Waals surface area contributed by atoms with Crippen molar-refractivity contribution in [3.63, 3.8) is 0 Å². The van der Waals surface area contributed by atoms with Crippen LogP contribution in [0.25, 0.3) is 0 Å². The number of urea groups is 1. The summed E-state index contributed by atoms with van der Waals surface area (Å²) in [5.74, 6) is 0. The molecule has 1 aromatic heterocycles. The van der Waals surface area contributed by atoms with Gasteiger partial charge in [0, 0.05) is 25.4 Å². The van der Waals surface area contributed by atoms with Crippen molar-refractivity contribution >= 4 is 38.9 Å². The van der Waals surface area contributed by atoms with Gasteiger partial charge >= 0.3 is 17.8 Å². The van der Waals surface area contributed by atoms with Gasteiger partial charge in [-0.15, -0.1) is 0 Å². The number of aromatic nitrogens is 2. The van der Waals surface area contributed by atoms with E-state index in [1.54, 1.807) is 0 Å². The lowest BCUT2D eigenvalue weighted by molar-refractivity contribution is -0.0571. The zero-order valence-electron chi connectivity index (χ0n) is 29.6. The molecule has 3 rings (SSSR count). The Morgan fingerprint density at radius 2 is 1.64 bits per heavy atom. The zero-order chi connectivity index (χ0) is 36.3. The number of ether oxygens (including phenoxy) is 1. The number of carbonyl (C=O) groups is 2. The lowest BCUT2D eigenvalue weighted by Gasteiger charge is -2.44. The molecule has 1 spiro atoms. The van der Waals surface area contributed by atoms with Crippen LogP contribution in [0.2, 0.25) is 36.3 Å². The summed E-state index contributed by atoms with van der Waals surface area (Å²) < 4.78 is 54.8. The maximum absolute atomic E-state index is 13.6. The molecule has 47 heavy (non-hydrogen) atoms. The second-order valence-corrected chi connectivity index (χ2v) is 26.1. The van der Waals surface area contributed by atoms with Crippen LogP contribution in [0.15, 0.2) is 26.9 Å². The highest BCUT2D eigenvalue weighted by Gasteiger charge is 2.68. The van der Waals surface area contributed by atoms with E-state index < -0.39 is 79.2 Å². The van der Waals surface area contributed by atoms with E-state index in [9.17, 15) is 32.7 Å². The van der Waals surface area contributed by atoms with Gasteiger partial charge in [0.2, 0.25) is 0 Å². The van der Waals surface area contributed by atoms with Crippen molar-refractivity contribution < 1.29 is 40.9 Å². The van der Waals surface area contributed by atoms with Crippen LogP contribution in [0.5, 0.6) is 0 Å². The predicted molar refractivity (Wildman–Crippen MR) is 180 cm³/mol. The highest BCUT2D eigenvalue weighted by Crippen LogP contribution is 2.52. The molecule has 18 heteroatoms. The number of nitrogens with zero attached hydrogens (tertiary/aromatic N) is 3. The van der Waals surface area contributed by atoms with Crippen LogP contribution >= 0.6 is 0 Å². The summed E-state index contributed by atoms with van der Waals surface area (Å²) in [6.45, 7) is 22.3. The lowest BCUT2D eigenvalue weighted by atomic mass is 9.89. The summed E-state index contributed by atoms with van der Waals surface area (Å²) in [6, 6.07) is -1.12. The van der Waals surface area contributed by atoms with Crippen LogP contribution in [0.4, 0.5) is 9.59 Å². The third kappa shape index (κ3) is 7.23. The Bertz CT molecular complexity index is 1670. The molecule has 2 unspecified atom stereocenters. The molecule has 2 N–H and O–H groups in total. The van der Waals surface area contributed by atoms with E-state index in [-0.39, 0.29) is 29.5 Å². The fourth-order valence-corrected chi connectivity index (χ4v) is 8.41. The van der Waals surface area contributed by atoms with Crippen molar-refractivity contribution in [1.29, 1.82) is 0 Å². The summed E-state index contributed by atoms with van der Waals surface area (Å²) in [5, 5.41) is 12.1. The maximum Gasteiger partial charge on any atom is 0.415 e. The minimum atomic E-state index is -4.54. The van der Waals surface area contributed by atoms with E-state index in [1.807, 2.05) is 67.7 Å². The van der Waals surface area contributed by atoms with Gasteiger partial charge in [0.1, 0.15) is 12.2 Å². The molecule has 1 fully saturated rings. The molecular formula is C29H50N4O11SSi2. The molecule has 1 aromatic rings. The molecule has 2 aliphatic heterocycles. The van der Waals surface area contributed by atoms with Gasteiger partial charge in [0.05, 0.1) is 17.7 Å². The summed E-state index contributed by atoms with van der Waals surface area (Å²) in [5.41, 5.74) is -3.54. The first kappa shape index (κ1) is 38.8. The Morgan fingerprint density at radius 1 is 1.09 bits per heavy atom. The number of carbonyl (C=O) groups excluding carboxylic acids is 1. The van der Waals surface area contributed by atoms with Gasteiger partial charge in [-0.1, -0.05) is 41.5 Å². The summed E-state index contributed by atoms with van der Waals surface area (Å²) >= 11 is 0. The third-order valence-electron chi connectivity index (χ3n) is 9.82. The van der Waals surface area contributed by atoms with E-state index >= 15 is 0 Å². The van der Waals surface area contributed by atoms with E-state index in [0.29, 0.717) is 10.3 Å². The quantitative estimate of drug-likeness (QED) is 0.294. The van der Waals surface area contributed by atoms with Gasteiger partial charge in [-0.25, -0.2) is 23.5 Å². The largest absolute Gasteiger partial charge is 0.465 e. The molecule has 1 saturated heterocycles.